The van der Waals surface area contributed by atoms with Crippen LogP contribution < -0.4 is 5.73 Å². The largest absolute Gasteiger partial charge is 0.326 e. The number of hydrogen-bond acceptors (Lipinski definition) is 2. The molecule has 0 aromatic heterocycles. The topological polar surface area (TPSA) is 29.3 Å². The molecule has 2 rings (SSSR count). The Bertz CT molecular complexity index is 420. The Morgan fingerprint density at radius 2 is 1.68 bits per heavy atom. The van der Waals surface area contributed by atoms with Gasteiger partial charge in [0.1, 0.15) is 11.6 Å². The van der Waals surface area contributed by atoms with Crippen molar-refractivity contribution < 1.29 is 8.78 Å². The minimum absolute atomic E-state index is 0.0389. The fraction of sp³-hybridized carbons (Fsp3) is 0.600. The second-order valence-electron chi connectivity index (χ2n) is 5.79. The van der Waals surface area contributed by atoms with Crippen LogP contribution in [0.15, 0.2) is 18.2 Å². The molecule has 0 radical (unpaired) electrons. The third-order valence-electron chi connectivity index (χ3n) is 4.43. The van der Waals surface area contributed by atoms with Crippen molar-refractivity contribution in [1.29, 1.82) is 0 Å². The average Bonchev–Trinajstić information content (AvgIpc) is 2.77. The molecule has 19 heavy (non-hydrogen) atoms. The maximum Gasteiger partial charge on any atom is 0.126 e. The Kier molecular flexibility index (Phi) is 4.21. The molecule has 2 N–H and O–H groups in total. The van der Waals surface area contributed by atoms with Gasteiger partial charge in [0.2, 0.25) is 0 Å². The predicted octanol–water partition coefficient (Wildman–Crippen LogP) is 2.71. The summed E-state index contributed by atoms with van der Waals surface area (Å²) in [4.78, 5) is 2.18. The summed E-state index contributed by atoms with van der Waals surface area (Å²) >= 11 is 0. The Labute approximate surface area is 113 Å². The van der Waals surface area contributed by atoms with E-state index in [4.69, 9.17) is 5.73 Å². The van der Waals surface area contributed by atoms with Crippen LogP contribution in [0.2, 0.25) is 0 Å². The normalized spacial score (nSPS) is 19.9. The van der Waals surface area contributed by atoms with Gasteiger partial charge in [0.25, 0.3) is 0 Å². The standard InChI is InChI=1S/C15H22F2N2/c1-19(2)15(5-3-4-6-15)14(18)9-11-7-12(16)10-13(17)8-11/h7-8,10,14H,3-6,9,18H2,1-2H3. The van der Waals surface area contributed by atoms with Crippen molar-refractivity contribution >= 4 is 0 Å². The first-order valence-electron chi connectivity index (χ1n) is 6.82. The number of rotatable bonds is 4. The molecule has 1 unspecified atom stereocenters. The molecule has 1 saturated carbocycles. The van der Waals surface area contributed by atoms with Crippen molar-refractivity contribution in [2.45, 2.75) is 43.7 Å². The quantitative estimate of drug-likeness (QED) is 0.909. The van der Waals surface area contributed by atoms with Crippen LogP contribution in [-0.2, 0) is 6.42 Å². The van der Waals surface area contributed by atoms with E-state index in [9.17, 15) is 8.78 Å². The Hall–Kier alpha value is -1.00. The monoisotopic (exact) mass is 268 g/mol. The summed E-state index contributed by atoms with van der Waals surface area (Å²) < 4.78 is 26.4. The molecule has 1 atom stereocenters. The molecule has 0 saturated heterocycles. The van der Waals surface area contributed by atoms with E-state index in [1.165, 1.54) is 25.0 Å². The highest BCUT2D eigenvalue weighted by Crippen LogP contribution is 2.37. The second kappa shape index (κ2) is 5.55. The second-order valence-corrected chi connectivity index (χ2v) is 5.79. The van der Waals surface area contributed by atoms with Crippen molar-refractivity contribution in [1.82, 2.24) is 4.90 Å². The molecular weight excluding hydrogens is 246 g/mol. The van der Waals surface area contributed by atoms with E-state index >= 15 is 0 Å². The van der Waals surface area contributed by atoms with E-state index in [-0.39, 0.29) is 11.6 Å². The van der Waals surface area contributed by atoms with E-state index < -0.39 is 11.6 Å². The lowest BCUT2D eigenvalue weighted by atomic mass is 9.83. The van der Waals surface area contributed by atoms with E-state index in [1.807, 2.05) is 14.1 Å². The first kappa shape index (κ1) is 14.4. The van der Waals surface area contributed by atoms with Gasteiger partial charge in [-0.3, -0.25) is 0 Å². The highest BCUT2D eigenvalue weighted by atomic mass is 19.1. The zero-order valence-electron chi connectivity index (χ0n) is 11.6. The van der Waals surface area contributed by atoms with E-state index in [0.29, 0.717) is 12.0 Å². The van der Waals surface area contributed by atoms with Crippen LogP contribution in [0.1, 0.15) is 31.2 Å². The van der Waals surface area contributed by atoms with Crippen LogP contribution in [0.3, 0.4) is 0 Å². The van der Waals surface area contributed by atoms with Crippen LogP contribution in [-0.4, -0.2) is 30.6 Å². The number of likely N-dealkylation sites (N-methyl/N-ethyl adjacent to an activating group) is 1. The van der Waals surface area contributed by atoms with Gasteiger partial charge in [0.05, 0.1) is 0 Å². The molecule has 2 nitrogen and oxygen atoms in total. The lowest BCUT2D eigenvalue weighted by Gasteiger charge is -2.41. The molecular formula is C15H22F2N2. The van der Waals surface area contributed by atoms with Gasteiger partial charge < -0.3 is 10.6 Å². The van der Waals surface area contributed by atoms with Gasteiger partial charge in [0.15, 0.2) is 0 Å². The van der Waals surface area contributed by atoms with Gasteiger partial charge in [-0.1, -0.05) is 12.8 Å². The van der Waals surface area contributed by atoms with Crippen LogP contribution in [0.4, 0.5) is 8.78 Å². The number of nitrogens with zero attached hydrogens (tertiary/aromatic N) is 1. The highest BCUT2D eigenvalue weighted by molar-refractivity contribution is 5.20. The molecule has 0 heterocycles. The molecule has 1 aliphatic rings. The minimum Gasteiger partial charge on any atom is -0.326 e. The lowest BCUT2D eigenvalue weighted by molar-refractivity contribution is 0.123. The van der Waals surface area contributed by atoms with Gasteiger partial charge in [-0.05, 0) is 51.1 Å². The van der Waals surface area contributed by atoms with Crippen molar-refractivity contribution in [3.8, 4) is 0 Å². The first-order chi connectivity index (χ1) is 8.94. The van der Waals surface area contributed by atoms with Crippen LogP contribution in [0.5, 0.6) is 0 Å². The van der Waals surface area contributed by atoms with Crippen LogP contribution >= 0.6 is 0 Å². The van der Waals surface area contributed by atoms with Gasteiger partial charge in [-0.25, -0.2) is 8.78 Å². The fourth-order valence-electron chi connectivity index (χ4n) is 3.31. The third-order valence-corrected chi connectivity index (χ3v) is 4.43. The molecule has 1 aliphatic carbocycles. The highest BCUT2D eigenvalue weighted by Gasteiger charge is 2.41. The molecule has 4 heteroatoms. The fourth-order valence-corrected chi connectivity index (χ4v) is 3.31. The zero-order valence-corrected chi connectivity index (χ0v) is 11.6. The van der Waals surface area contributed by atoms with Crippen LogP contribution in [0, 0.1) is 11.6 Å². The summed E-state index contributed by atoms with van der Waals surface area (Å²) in [6.07, 6.45) is 4.96. The Morgan fingerprint density at radius 1 is 1.16 bits per heavy atom. The molecule has 0 bridgehead atoms. The molecule has 0 amide bonds. The number of halogens is 2. The number of nitrogens with two attached hydrogens (primary N) is 1. The summed E-state index contributed by atoms with van der Waals surface area (Å²) in [5.74, 6) is -1.07. The van der Waals surface area contributed by atoms with Gasteiger partial charge >= 0.3 is 0 Å². The number of benzene rings is 1. The minimum atomic E-state index is -0.535. The lowest BCUT2D eigenvalue weighted by Crippen LogP contribution is -2.56. The van der Waals surface area contributed by atoms with Crippen molar-refractivity contribution in [3.63, 3.8) is 0 Å². The summed E-state index contributed by atoms with van der Waals surface area (Å²) in [7, 11) is 4.08. The van der Waals surface area contributed by atoms with Crippen molar-refractivity contribution in [2.75, 3.05) is 14.1 Å². The van der Waals surface area contributed by atoms with Gasteiger partial charge in [-0.15, -0.1) is 0 Å². The molecule has 106 valence electrons. The third kappa shape index (κ3) is 2.95. The maximum atomic E-state index is 13.2. The Morgan fingerprint density at radius 3 is 2.16 bits per heavy atom. The predicted molar refractivity (Wildman–Crippen MR) is 72.9 cm³/mol. The molecule has 1 aromatic rings. The molecule has 1 fully saturated rings. The Balaban J connectivity index is 2.17. The summed E-state index contributed by atoms with van der Waals surface area (Å²) in [5, 5.41) is 0. The van der Waals surface area contributed by atoms with E-state index in [0.717, 1.165) is 18.9 Å². The maximum absolute atomic E-state index is 13.2. The number of hydrogen-bond donors (Lipinski definition) is 1. The SMILES string of the molecule is CN(C)C1(C(N)Cc2cc(F)cc(F)c2)CCCC1. The van der Waals surface area contributed by atoms with E-state index in [2.05, 4.69) is 4.90 Å². The van der Waals surface area contributed by atoms with Crippen molar-refractivity contribution in [3.05, 3.63) is 35.4 Å². The van der Waals surface area contributed by atoms with Crippen LogP contribution in [0.25, 0.3) is 0 Å². The molecule has 0 spiro atoms. The molecule has 1 aromatic carbocycles. The van der Waals surface area contributed by atoms with Gasteiger partial charge in [0, 0.05) is 17.6 Å². The van der Waals surface area contributed by atoms with E-state index in [1.54, 1.807) is 0 Å². The average molecular weight is 268 g/mol. The zero-order chi connectivity index (χ0) is 14.0. The first-order valence-corrected chi connectivity index (χ1v) is 6.82. The molecule has 0 aliphatic heterocycles. The summed E-state index contributed by atoms with van der Waals surface area (Å²) in [6, 6.07) is 3.54. The summed E-state index contributed by atoms with van der Waals surface area (Å²) in [5.41, 5.74) is 6.96. The van der Waals surface area contributed by atoms with Gasteiger partial charge in [-0.2, -0.15) is 0 Å². The van der Waals surface area contributed by atoms with Crippen molar-refractivity contribution in [2.24, 2.45) is 5.73 Å². The summed E-state index contributed by atoms with van der Waals surface area (Å²) in [6.45, 7) is 0. The smallest absolute Gasteiger partial charge is 0.126 e.